The molecule has 6 nitrogen and oxygen atoms in total. The first kappa shape index (κ1) is 18.5. The molecule has 1 aromatic carbocycles. The van der Waals surface area contributed by atoms with Crippen LogP contribution in [0.2, 0.25) is 5.02 Å². The molecular formula is C18H19ClN4O2S. The standard InChI is InChI=1S/C18H19ClN4O2S/c1-3-23-17(15-9-6-10-25-15)21-22-18(23)26-11-16(24)20-12(2)13-7-4-5-8-14(13)19/h4-10,12H,3,11H2,1-2H3,(H,20,24). The number of carbonyl (C=O) groups is 1. The molecule has 0 spiro atoms. The van der Waals surface area contributed by atoms with Crippen LogP contribution in [0.15, 0.2) is 52.2 Å². The molecule has 8 heteroatoms. The van der Waals surface area contributed by atoms with Gasteiger partial charge in [0.25, 0.3) is 0 Å². The molecule has 0 saturated carbocycles. The summed E-state index contributed by atoms with van der Waals surface area (Å²) < 4.78 is 7.31. The first-order chi connectivity index (χ1) is 12.6. The van der Waals surface area contributed by atoms with Crippen molar-refractivity contribution in [1.82, 2.24) is 20.1 Å². The van der Waals surface area contributed by atoms with E-state index in [9.17, 15) is 4.79 Å². The van der Waals surface area contributed by atoms with Crippen molar-refractivity contribution < 1.29 is 9.21 Å². The summed E-state index contributed by atoms with van der Waals surface area (Å²) in [5.74, 6) is 1.46. The van der Waals surface area contributed by atoms with Crippen molar-refractivity contribution in [1.29, 1.82) is 0 Å². The topological polar surface area (TPSA) is 73.0 Å². The van der Waals surface area contributed by atoms with E-state index in [1.54, 1.807) is 12.3 Å². The molecule has 3 rings (SSSR count). The molecule has 0 aliphatic rings. The number of thioether (sulfide) groups is 1. The lowest BCUT2D eigenvalue weighted by Crippen LogP contribution is -2.28. The second-order valence-corrected chi connectivity index (χ2v) is 6.98. The highest BCUT2D eigenvalue weighted by molar-refractivity contribution is 7.99. The van der Waals surface area contributed by atoms with Crippen molar-refractivity contribution in [3.63, 3.8) is 0 Å². The lowest BCUT2D eigenvalue weighted by Gasteiger charge is -2.15. The SMILES string of the molecule is CCn1c(SCC(=O)NC(C)c2ccccc2Cl)nnc1-c1ccco1. The Morgan fingerprint density at radius 1 is 1.31 bits per heavy atom. The third-order valence-electron chi connectivity index (χ3n) is 3.86. The number of benzene rings is 1. The molecule has 2 heterocycles. The van der Waals surface area contributed by atoms with Gasteiger partial charge < -0.3 is 9.73 Å². The molecule has 0 fully saturated rings. The third kappa shape index (κ3) is 4.11. The minimum Gasteiger partial charge on any atom is -0.461 e. The minimum absolute atomic E-state index is 0.0902. The lowest BCUT2D eigenvalue weighted by molar-refractivity contribution is -0.119. The van der Waals surface area contributed by atoms with Gasteiger partial charge in [0.15, 0.2) is 16.7 Å². The van der Waals surface area contributed by atoms with Gasteiger partial charge in [0.05, 0.1) is 18.1 Å². The Kier molecular flexibility index (Phi) is 6.00. The smallest absolute Gasteiger partial charge is 0.230 e. The maximum Gasteiger partial charge on any atom is 0.230 e. The van der Waals surface area contributed by atoms with Gasteiger partial charge >= 0.3 is 0 Å². The number of amides is 1. The summed E-state index contributed by atoms with van der Waals surface area (Å²) in [6.45, 7) is 4.59. The lowest BCUT2D eigenvalue weighted by atomic mass is 10.1. The molecule has 0 radical (unpaired) electrons. The average molecular weight is 391 g/mol. The number of rotatable bonds is 7. The van der Waals surface area contributed by atoms with E-state index < -0.39 is 0 Å². The van der Waals surface area contributed by atoms with Gasteiger partial charge in [-0.2, -0.15) is 0 Å². The summed E-state index contributed by atoms with van der Waals surface area (Å²) in [6, 6.07) is 11.0. The van der Waals surface area contributed by atoms with E-state index in [2.05, 4.69) is 15.5 Å². The maximum atomic E-state index is 12.3. The summed E-state index contributed by atoms with van der Waals surface area (Å²) in [6.07, 6.45) is 1.60. The Morgan fingerprint density at radius 3 is 2.81 bits per heavy atom. The van der Waals surface area contributed by atoms with Gasteiger partial charge in [0.2, 0.25) is 5.91 Å². The largest absolute Gasteiger partial charge is 0.461 e. The summed E-state index contributed by atoms with van der Waals surface area (Å²) in [5.41, 5.74) is 0.893. The summed E-state index contributed by atoms with van der Waals surface area (Å²) in [5, 5.41) is 12.6. The van der Waals surface area contributed by atoms with Crippen LogP contribution in [0.5, 0.6) is 0 Å². The van der Waals surface area contributed by atoms with Crippen LogP contribution in [0.3, 0.4) is 0 Å². The Morgan fingerprint density at radius 2 is 2.12 bits per heavy atom. The van der Waals surface area contributed by atoms with E-state index in [0.717, 1.165) is 5.56 Å². The van der Waals surface area contributed by atoms with E-state index in [1.165, 1.54) is 11.8 Å². The normalized spacial score (nSPS) is 12.1. The van der Waals surface area contributed by atoms with Gasteiger partial charge in [-0.25, -0.2) is 0 Å². The Hall–Kier alpha value is -2.25. The second-order valence-electron chi connectivity index (χ2n) is 5.63. The Bertz CT molecular complexity index is 879. The number of furan rings is 1. The molecule has 26 heavy (non-hydrogen) atoms. The predicted molar refractivity (Wildman–Crippen MR) is 102 cm³/mol. The van der Waals surface area contributed by atoms with Crippen LogP contribution in [0.25, 0.3) is 11.6 Å². The zero-order valence-corrected chi connectivity index (χ0v) is 16.0. The number of carbonyl (C=O) groups excluding carboxylic acids is 1. The molecule has 0 aliphatic heterocycles. The molecule has 0 bridgehead atoms. The number of halogens is 1. The average Bonchev–Trinajstić information content (AvgIpc) is 3.29. The van der Waals surface area contributed by atoms with Gasteiger partial charge in [-0.3, -0.25) is 9.36 Å². The molecule has 1 atom stereocenters. The van der Waals surface area contributed by atoms with Gasteiger partial charge in [0, 0.05) is 11.6 Å². The minimum atomic E-state index is -0.167. The molecule has 0 saturated heterocycles. The fourth-order valence-electron chi connectivity index (χ4n) is 2.59. The van der Waals surface area contributed by atoms with Gasteiger partial charge in [-0.1, -0.05) is 41.6 Å². The van der Waals surface area contributed by atoms with Crippen molar-refractivity contribution in [3.8, 4) is 11.6 Å². The van der Waals surface area contributed by atoms with Gasteiger partial charge in [-0.05, 0) is 37.6 Å². The van der Waals surface area contributed by atoms with Crippen LogP contribution in [0.4, 0.5) is 0 Å². The number of nitrogens with zero attached hydrogens (tertiary/aromatic N) is 3. The van der Waals surface area contributed by atoms with Crippen molar-refractivity contribution in [3.05, 3.63) is 53.2 Å². The van der Waals surface area contributed by atoms with Crippen molar-refractivity contribution in [2.45, 2.75) is 31.6 Å². The Labute approximate surface area is 160 Å². The Balaban J connectivity index is 1.62. The molecular weight excluding hydrogens is 372 g/mol. The summed E-state index contributed by atoms with van der Waals surface area (Å²) in [4.78, 5) is 12.3. The van der Waals surface area contributed by atoms with E-state index in [4.69, 9.17) is 16.0 Å². The van der Waals surface area contributed by atoms with Crippen LogP contribution in [-0.4, -0.2) is 26.4 Å². The molecule has 2 aromatic heterocycles. The first-order valence-corrected chi connectivity index (χ1v) is 9.60. The molecule has 1 N–H and O–H groups in total. The van der Waals surface area contributed by atoms with Crippen LogP contribution >= 0.6 is 23.4 Å². The second kappa shape index (κ2) is 8.42. The number of aromatic nitrogens is 3. The molecule has 136 valence electrons. The van der Waals surface area contributed by atoms with Gasteiger partial charge in [-0.15, -0.1) is 10.2 Å². The highest BCUT2D eigenvalue weighted by Crippen LogP contribution is 2.25. The number of hydrogen-bond acceptors (Lipinski definition) is 5. The highest BCUT2D eigenvalue weighted by atomic mass is 35.5. The number of nitrogens with one attached hydrogen (secondary N) is 1. The molecule has 0 aliphatic carbocycles. The zero-order valence-electron chi connectivity index (χ0n) is 14.5. The van der Waals surface area contributed by atoms with E-state index in [0.29, 0.717) is 28.3 Å². The quantitative estimate of drug-likeness (QED) is 0.612. The predicted octanol–water partition coefficient (Wildman–Crippen LogP) is 4.18. The summed E-state index contributed by atoms with van der Waals surface area (Å²) >= 11 is 7.52. The fourth-order valence-corrected chi connectivity index (χ4v) is 3.70. The molecule has 1 unspecified atom stereocenters. The zero-order chi connectivity index (χ0) is 18.5. The van der Waals surface area contributed by atoms with Crippen LogP contribution in [-0.2, 0) is 11.3 Å². The summed E-state index contributed by atoms with van der Waals surface area (Å²) in [7, 11) is 0. The third-order valence-corrected chi connectivity index (χ3v) is 5.17. The van der Waals surface area contributed by atoms with Crippen molar-refractivity contribution in [2.75, 3.05) is 5.75 Å². The van der Waals surface area contributed by atoms with Crippen LogP contribution in [0, 0.1) is 0 Å². The number of hydrogen-bond donors (Lipinski definition) is 1. The van der Waals surface area contributed by atoms with Gasteiger partial charge in [0.1, 0.15) is 0 Å². The highest BCUT2D eigenvalue weighted by Gasteiger charge is 2.17. The molecule has 3 aromatic rings. The van der Waals surface area contributed by atoms with Crippen molar-refractivity contribution in [2.24, 2.45) is 0 Å². The molecule has 1 amide bonds. The fraction of sp³-hybridized carbons (Fsp3) is 0.278. The maximum absolute atomic E-state index is 12.3. The van der Waals surface area contributed by atoms with E-state index in [1.807, 2.05) is 48.7 Å². The van der Waals surface area contributed by atoms with Crippen molar-refractivity contribution >= 4 is 29.3 Å². The van der Waals surface area contributed by atoms with Crippen LogP contribution < -0.4 is 5.32 Å². The monoisotopic (exact) mass is 390 g/mol. The first-order valence-electron chi connectivity index (χ1n) is 8.23. The van der Waals surface area contributed by atoms with E-state index in [-0.39, 0.29) is 17.7 Å². The van der Waals surface area contributed by atoms with Crippen LogP contribution in [0.1, 0.15) is 25.5 Å². The van der Waals surface area contributed by atoms with E-state index >= 15 is 0 Å².